The third kappa shape index (κ3) is 2.68. The average Bonchev–Trinajstić information content (AvgIpc) is 2.79. The zero-order valence-corrected chi connectivity index (χ0v) is 13.6. The van der Waals surface area contributed by atoms with Gasteiger partial charge in [0.05, 0.1) is 27.9 Å². The first-order valence-electron chi connectivity index (χ1n) is 6.39. The van der Waals surface area contributed by atoms with Crippen molar-refractivity contribution >= 4 is 38.6 Å². The Kier molecular flexibility index (Phi) is 3.95. The molecule has 0 spiro atoms. The molecule has 108 valence electrons. The summed E-state index contributed by atoms with van der Waals surface area (Å²) in [5, 5.41) is 0. The van der Waals surface area contributed by atoms with E-state index in [1.165, 1.54) is 6.07 Å². The summed E-state index contributed by atoms with van der Waals surface area (Å²) in [5.74, 6) is 0.658. The SMILES string of the molecule is Cc1ccncc1Cn1c(CCl)nc2cc(F)c(Br)cc21. The van der Waals surface area contributed by atoms with Crippen LogP contribution in [0.25, 0.3) is 11.0 Å². The fourth-order valence-electron chi connectivity index (χ4n) is 2.28. The van der Waals surface area contributed by atoms with Crippen molar-refractivity contribution < 1.29 is 4.39 Å². The van der Waals surface area contributed by atoms with E-state index in [9.17, 15) is 4.39 Å². The summed E-state index contributed by atoms with van der Waals surface area (Å²) in [7, 11) is 0. The maximum absolute atomic E-state index is 13.6. The van der Waals surface area contributed by atoms with Crippen LogP contribution in [0.3, 0.4) is 0 Å². The number of rotatable bonds is 3. The van der Waals surface area contributed by atoms with Crippen LogP contribution in [0.15, 0.2) is 35.1 Å². The van der Waals surface area contributed by atoms with Gasteiger partial charge in [-0.05, 0) is 46.1 Å². The van der Waals surface area contributed by atoms with Crippen LogP contribution in [-0.2, 0) is 12.4 Å². The Hall–Kier alpha value is -1.46. The second-order valence-electron chi connectivity index (χ2n) is 4.80. The first-order valence-corrected chi connectivity index (χ1v) is 7.72. The summed E-state index contributed by atoms with van der Waals surface area (Å²) in [6.07, 6.45) is 3.59. The van der Waals surface area contributed by atoms with Gasteiger partial charge in [0, 0.05) is 18.5 Å². The molecule has 0 unspecified atom stereocenters. The molecule has 0 radical (unpaired) electrons. The number of nitrogens with zero attached hydrogens (tertiary/aromatic N) is 3. The third-order valence-electron chi connectivity index (χ3n) is 3.46. The molecule has 3 rings (SSSR count). The van der Waals surface area contributed by atoms with Crippen LogP contribution < -0.4 is 0 Å². The number of alkyl halides is 1. The minimum atomic E-state index is -0.328. The molecule has 6 heteroatoms. The number of hydrogen-bond acceptors (Lipinski definition) is 2. The zero-order valence-electron chi connectivity index (χ0n) is 11.3. The van der Waals surface area contributed by atoms with E-state index >= 15 is 0 Å². The van der Waals surface area contributed by atoms with Gasteiger partial charge in [0.2, 0.25) is 0 Å². The number of hydrogen-bond donors (Lipinski definition) is 0. The maximum Gasteiger partial charge on any atom is 0.139 e. The summed E-state index contributed by atoms with van der Waals surface area (Å²) < 4.78 is 16.1. The lowest BCUT2D eigenvalue weighted by Gasteiger charge is -2.10. The number of fused-ring (bicyclic) bond motifs is 1. The molecule has 3 nitrogen and oxygen atoms in total. The fraction of sp³-hybridized carbons (Fsp3) is 0.200. The summed E-state index contributed by atoms with van der Waals surface area (Å²) in [6, 6.07) is 5.12. The highest BCUT2D eigenvalue weighted by atomic mass is 79.9. The molecule has 0 aliphatic heterocycles. The Bertz CT molecular complexity index is 816. The number of pyridine rings is 1. The number of aryl methyl sites for hydroxylation is 1. The monoisotopic (exact) mass is 367 g/mol. The van der Waals surface area contributed by atoms with Crippen molar-refractivity contribution in [2.75, 3.05) is 0 Å². The van der Waals surface area contributed by atoms with Crippen LogP contribution in [0.4, 0.5) is 4.39 Å². The van der Waals surface area contributed by atoms with Gasteiger partial charge in [-0.3, -0.25) is 4.98 Å². The topological polar surface area (TPSA) is 30.7 Å². The highest BCUT2D eigenvalue weighted by Gasteiger charge is 2.14. The molecular formula is C15H12BrClFN3. The number of halogens is 3. The van der Waals surface area contributed by atoms with Gasteiger partial charge in [0.15, 0.2) is 0 Å². The quantitative estimate of drug-likeness (QED) is 0.640. The average molecular weight is 369 g/mol. The van der Waals surface area contributed by atoms with Crippen LogP contribution in [0.1, 0.15) is 17.0 Å². The van der Waals surface area contributed by atoms with Gasteiger partial charge in [-0.1, -0.05) is 0 Å². The highest BCUT2D eigenvalue weighted by molar-refractivity contribution is 9.10. The van der Waals surface area contributed by atoms with Crippen molar-refractivity contribution in [3.8, 4) is 0 Å². The number of aromatic nitrogens is 3. The molecule has 2 heterocycles. The van der Waals surface area contributed by atoms with Crippen LogP contribution in [0.2, 0.25) is 0 Å². The lowest BCUT2D eigenvalue weighted by Crippen LogP contribution is -2.05. The molecule has 0 saturated carbocycles. The predicted octanol–water partition coefficient (Wildman–Crippen LogP) is 4.43. The fourth-order valence-corrected chi connectivity index (χ4v) is 2.82. The zero-order chi connectivity index (χ0) is 15.0. The Morgan fingerprint density at radius 1 is 1.38 bits per heavy atom. The highest BCUT2D eigenvalue weighted by Crippen LogP contribution is 2.26. The summed E-state index contributed by atoms with van der Waals surface area (Å²) in [6.45, 7) is 2.64. The molecule has 0 N–H and O–H groups in total. The van der Waals surface area contributed by atoms with E-state index in [0.29, 0.717) is 22.4 Å². The molecule has 0 aliphatic carbocycles. The largest absolute Gasteiger partial charge is 0.322 e. The van der Waals surface area contributed by atoms with Gasteiger partial charge in [-0.25, -0.2) is 9.37 Å². The van der Waals surface area contributed by atoms with Crippen LogP contribution >= 0.6 is 27.5 Å². The standard InChI is InChI=1S/C15H12BrClFN3/c1-9-2-3-19-7-10(9)8-21-14-4-11(16)12(18)5-13(14)20-15(21)6-17/h2-5,7H,6,8H2,1H3. The van der Waals surface area contributed by atoms with Crippen LogP contribution in [-0.4, -0.2) is 14.5 Å². The van der Waals surface area contributed by atoms with Gasteiger partial charge < -0.3 is 4.57 Å². The minimum absolute atomic E-state index is 0.271. The van der Waals surface area contributed by atoms with Gasteiger partial charge in [-0.2, -0.15) is 0 Å². The molecule has 0 aliphatic rings. The predicted molar refractivity (Wildman–Crippen MR) is 85.0 cm³/mol. The molecule has 0 fully saturated rings. The first kappa shape index (κ1) is 14.5. The Morgan fingerprint density at radius 3 is 2.90 bits per heavy atom. The second-order valence-corrected chi connectivity index (χ2v) is 5.93. The lowest BCUT2D eigenvalue weighted by atomic mass is 10.1. The molecule has 3 aromatic rings. The molecule has 0 amide bonds. The molecule has 2 aromatic heterocycles. The smallest absolute Gasteiger partial charge is 0.139 e. The molecule has 21 heavy (non-hydrogen) atoms. The second kappa shape index (κ2) is 5.73. The van der Waals surface area contributed by atoms with Crippen molar-refractivity contribution in [1.82, 2.24) is 14.5 Å². The minimum Gasteiger partial charge on any atom is -0.322 e. The molecule has 1 aromatic carbocycles. The first-order chi connectivity index (χ1) is 10.1. The van der Waals surface area contributed by atoms with E-state index in [2.05, 4.69) is 25.9 Å². The Balaban J connectivity index is 2.16. The summed E-state index contributed by atoms with van der Waals surface area (Å²) in [5.41, 5.74) is 3.69. The summed E-state index contributed by atoms with van der Waals surface area (Å²) >= 11 is 9.20. The third-order valence-corrected chi connectivity index (χ3v) is 4.31. The van der Waals surface area contributed by atoms with Gasteiger partial charge >= 0.3 is 0 Å². The molecule has 0 atom stereocenters. The van der Waals surface area contributed by atoms with Gasteiger partial charge in [0.25, 0.3) is 0 Å². The van der Waals surface area contributed by atoms with E-state index in [-0.39, 0.29) is 11.7 Å². The molecular weight excluding hydrogens is 357 g/mol. The Morgan fingerprint density at radius 2 is 2.19 bits per heavy atom. The number of benzene rings is 1. The van der Waals surface area contributed by atoms with Crippen LogP contribution in [0.5, 0.6) is 0 Å². The van der Waals surface area contributed by atoms with Crippen molar-refractivity contribution in [3.05, 3.63) is 57.8 Å². The van der Waals surface area contributed by atoms with E-state index in [0.717, 1.165) is 16.6 Å². The van der Waals surface area contributed by atoms with E-state index < -0.39 is 0 Å². The van der Waals surface area contributed by atoms with Crippen molar-refractivity contribution in [3.63, 3.8) is 0 Å². The van der Waals surface area contributed by atoms with Gasteiger partial charge in [0.1, 0.15) is 11.6 Å². The van der Waals surface area contributed by atoms with Crippen molar-refractivity contribution in [1.29, 1.82) is 0 Å². The van der Waals surface area contributed by atoms with E-state index in [1.54, 1.807) is 12.3 Å². The van der Waals surface area contributed by atoms with Gasteiger partial charge in [-0.15, -0.1) is 11.6 Å². The van der Waals surface area contributed by atoms with E-state index in [1.807, 2.05) is 23.8 Å². The number of imidazole rings is 1. The van der Waals surface area contributed by atoms with Crippen molar-refractivity contribution in [2.24, 2.45) is 0 Å². The molecule has 0 bridgehead atoms. The molecule has 0 saturated heterocycles. The summed E-state index contributed by atoms with van der Waals surface area (Å²) in [4.78, 5) is 8.57. The normalized spacial score (nSPS) is 11.2. The van der Waals surface area contributed by atoms with Crippen molar-refractivity contribution in [2.45, 2.75) is 19.3 Å². The lowest BCUT2D eigenvalue weighted by molar-refractivity contribution is 0.622. The maximum atomic E-state index is 13.6. The van der Waals surface area contributed by atoms with E-state index in [4.69, 9.17) is 11.6 Å². The Labute approximate surface area is 134 Å². The van der Waals surface area contributed by atoms with Crippen LogP contribution in [0, 0.1) is 12.7 Å².